The topological polar surface area (TPSA) is 78.9 Å². The summed E-state index contributed by atoms with van der Waals surface area (Å²) in [4.78, 5) is 14.0. The summed E-state index contributed by atoms with van der Waals surface area (Å²) in [5.74, 6) is -0.0109. The second-order valence-electron chi connectivity index (χ2n) is 4.57. The number of hydrogen-bond acceptors (Lipinski definition) is 3. The number of rotatable bonds is 3. The Morgan fingerprint density at radius 3 is 2.67 bits per heavy atom. The first kappa shape index (κ1) is 12.4. The van der Waals surface area contributed by atoms with Gasteiger partial charge in [0.15, 0.2) is 5.84 Å². The van der Waals surface area contributed by atoms with Crippen LogP contribution in [-0.2, 0) is 0 Å². The molecule has 5 heteroatoms. The summed E-state index contributed by atoms with van der Waals surface area (Å²) in [5, 5.41) is 11.6. The van der Waals surface area contributed by atoms with Crippen molar-refractivity contribution in [3.63, 3.8) is 0 Å². The lowest BCUT2D eigenvalue weighted by atomic mass is 9.91. The van der Waals surface area contributed by atoms with Crippen molar-refractivity contribution >= 4 is 11.7 Å². The van der Waals surface area contributed by atoms with Crippen LogP contribution in [0.4, 0.5) is 0 Å². The third-order valence-electron chi connectivity index (χ3n) is 3.46. The zero-order valence-corrected chi connectivity index (χ0v) is 10.3. The third-order valence-corrected chi connectivity index (χ3v) is 3.46. The average Bonchev–Trinajstić information content (AvgIpc) is 2.35. The molecule has 1 amide bonds. The van der Waals surface area contributed by atoms with E-state index in [0.29, 0.717) is 17.2 Å². The van der Waals surface area contributed by atoms with Crippen LogP contribution in [-0.4, -0.2) is 34.9 Å². The molecule has 1 fully saturated rings. The highest BCUT2D eigenvalue weighted by Crippen LogP contribution is 2.24. The van der Waals surface area contributed by atoms with Crippen LogP contribution in [0.25, 0.3) is 0 Å². The van der Waals surface area contributed by atoms with Crippen molar-refractivity contribution in [3.8, 4) is 0 Å². The lowest BCUT2D eigenvalue weighted by Crippen LogP contribution is -2.41. The number of hydrogen-bond donors (Lipinski definition) is 2. The van der Waals surface area contributed by atoms with E-state index in [2.05, 4.69) is 5.16 Å². The lowest BCUT2D eigenvalue weighted by molar-refractivity contribution is 0.0652. The maximum absolute atomic E-state index is 12.2. The minimum absolute atomic E-state index is 0.0101. The minimum Gasteiger partial charge on any atom is -0.409 e. The first-order chi connectivity index (χ1) is 8.63. The Morgan fingerprint density at radius 1 is 1.44 bits per heavy atom. The molecule has 0 saturated heterocycles. The normalized spacial score (nSPS) is 16.2. The average molecular weight is 247 g/mol. The highest BCUT2D eigenvalue weighted by Gasteiger charge is 2.26. The van der Waals surface area contributed by atoms with Gasteiger partial charge in [0, 0.05) is 24.2 Å². The second-order valence-corrected chi connectivity index (χ2v) is 4.57. The molecular weight excluding hydrogens is 230 g/mol. The van der Waals surface area contributed by atoms with Crippen LogP contribution in [0.3, 0.4) is 0 Å². The molecule has 3 N–H and O–H groups in total. The summed E-state index contributed by atoms with van der Waals surface area (Å²) in [7, 11) is 1.82. The van der Waals surface area contributed by atoms with Gasteiger partial charge in [-0.3, -0.25) is 4.79 Å². The van der Waals surface area contributed by atoms with Crippen LogP contribution in [0.2, 0.25) is 0 Å². The number of carbonyl (C=O) groups excluding carboxylic acids is 1. The van der Waals surface area contributed by atoms with Crippen molar-refractivity contribution in [3.05, 3.63) is 35.4 Å². The van der Waals surface area contributed by atoms with Gasteiger partial charge in [0.1, 0.15) is 0 Å². The molecule has 0 atom stereocenters. The third kappa shape index (κ3) is 2.30. The highest BCUT2D eigenvalue weighted by atomic mass is 16.4. The minimum atomic E-state index is -0.0210. The van der Waals surface area contributed by atoms with Crippen LogP contribution in [0.1, 0.15) is 35.2 Å². The Kier molecular flexibility index (Phi) is 3.50. The van der Waals surface area contributed by atoms with Gasteiger partial charge < -0.3 is 15.8 Å². The van der Waals surface area contributed by atoms with Crippen molar-refractivity contribution in [2.75, 3.05) is 7.05 Å². The maximum atomic E-state index is 12.2. The Labute approximate surface area is 106 Å². The number of carbonyl (C=O) groups is 1. The first-order valence-electron chi connectivity index (χ1n) is 5.98. The van der Waals surface area contributed by atoms with E-state index in [-0.39, 0.29) is 11.7 Å². The molecule has 1 aliphatic rings. The molecule has 0 aromatic heterocycles. The highest BCUT2D eigenvalue weighted by molar-refractivity contribution is 6.01. The molecule has 0 radical (unpaired) electrons. The Bertz CT molecular complexity index is 481. The van der Waals surface area contributed by atoms with Crippen molar-refractivity contribution in [1.82, 2.24) is 4.90 Å². The van der Waals surface area contributed by atoms with E-state index in [0.717, 1.165) is 12.8 Å². The number of amides is 1. The van der Waals surface area contributed by atoms with Gasteiger partial charge in [0.2, 0.25) is 0 Å². The molecule has 0 spiro atoms. The quantitative estimate of drug-likeness (QED) is 0.367. The molecule has 0 bridgehead atoms. The predicted octanol–water partition coefficient (Wildman–Crippen LogP) is 1.41. The second kappa shape index (κ2) is 5.08. The van der Waals surface area contributed by atoms with Crippen molar-refractivity contribution < 1.29 is 10.0 Å². The molecule has 0 heterocycles. The Morgan fingerprint density at radius 2 is 2.11 bits per heavy atom. The SMILES string of the molecule is CN(C(=O)c1cccc(/C(N)=N/O)c1)C1CCC1. The predicted molar refractivity (Wildman–Crippen MR) is 68.7 cm³/mol. The molecule has 96 valence electrons. The number of oxime groups is 1. The van der Waals surface area contributed by atoms with Crippen molar-refractivity contribution in [1.29, 1.82) is 0 Å². The van der Waals surface area contributed by atoms with Crippen LogP contribution in [0.15, 0.2) is 29.4 Å². The molecular formula is C13H17N3O2. The number of nitrogens with zero attached hydrogens (tertiary/aromatic N) is 2. The van der Waals surface area contributed by atoms with Gasteiger partial charge in [0.25, 0.3) is 5.91 Å². The molecule has 18 heavy (non-hydrogen) atoms. The summed E-state index contributed by atoms with van der Waals surface area (Å²) in [6, 6.07) is 7.17. The van der Waals surface area contributed by atoms with Crippen LogP contribution in [0, 0.1) is 0 Å². The van der Waals surface area contributed by atoms with E-state index < -0.39 is 0 Å². The largest absolute Gasteiger partial charge is 0.409 e. The van der Waals surface area contributed by atoms with Gasteiger partial charge in [0.05, 0.1) is 0 Å². The standard InChI is InChI=1S/C13H17N3O2/c1-16(11-6-3-7-11)13(17)10-5-2-4-9(8-10)12(14)15-18/h2,4-5,8,11,18H,3,6-7H2,1H3,(H2,14,15). The van der Waals surface area contributed by atoms with E-state index in [1.165, 1.54) is 6.42 Å². The fourth-order valence-corrected chi connectivity index (χ4v) is 2.01. The van der Waals surface area contributed by atoms with E-state index >= 15 is 0 Å². The molecule has 1 aliphatic carbocycles. The van der Waals surface area contributed by atoms with E-state index in [1.807, 2.05) is 7.05 Å². The smallest absolute Gasteiger partial charge is 0.253 e. The molecule has 0 aliphatic heterocycles. The van der Waals surface area contributed by atoms with Crippen molar-refractivity contribution in [2.45, 2.75) is 25.3 Å². The fraction of sp³-hybridized carbons (Fsp3) is 0.385. The Hall–Kier alpha value is -2.04. The summed E-state index contributed by atoms with van der Waals surface area (Å²) >= 11 is 0. The first-order valence-corrected chi connectivity index (χ1v) is 5.98. The molecule has 1 aromatic rings. The molecule has 0 unspecified atom stereocenters. The fourth-order valence-electron chi connectivity index (χ4n) is 2.01. The monoisotopic (exact) mass is 247 g/mol. The van der Waals surface area contributed by atoms with Crippen LogP contribution >= 0.6 is 0 Å². The van der Waals surface area contributed by atoms with Gasteiger partial charge in [-0.1, -0.05) is 17.3 Å². The number of benzene rings is 1. The van der Waals surface area contributed by atoms with Gasteiger partial charge in [-0.15, -0.1) is 0 Å². The summed E-state index contributed by atoms with van der Waals surface area (Å²) < 4.78 is 0. The Balaban J connectivity index is 2.19. The number of nitrogens with two attached hydrogens (primary N) is 1. The molecule has 1 aromatic carbocycles. The van der Waals surface area contributed by atoms with Gasteiger partial charge in [-0.05, 0) is 31.4 Å². The van der Waals surface area contributed by atoms with E-state index in [1.54, 1.807) is 29.2 Å². The summed E-state index contributed by atoms with van der Waals surface area (Å²) in [6.45, 7) is 0. The number of amidine groups is 1. The molecule has 1 saturated carbocycles. The molecule has 2 rings (SSSR count). The lowest BCUT2D eigenvalue weighted by Gasteiger charge is -2.34. The molecule has 5 nitrogen and oxygen atoms in total. The van der Waals surface area contributed by atoms with E-state index in [9.17, 15) is 4.79 Å². The van der Waals surface area contributed by atoms with Crippen molar-refractivity contribution in [2.24, 2.45) is 10.9 Å². The van der Waals surface area contributed by atoms with Crippen LogP contribution in [0.5, 0.6) is 0 Å². The zero-order valence-electron chi connectivity index (χ0n) is 10.3. The van der Waals surface area contributed by atoms with Crippen LogP contribution < -0.4 is 5.73 Å². The zero-order chi connectivity index (χ0) is 13.1. The van der Waals surface area contributed by atoms with Gasteiger partial charge in [-0.2, -0.15) is 0 Å². The maximum Gasteiger partial charge on any atom is 0.253 e. The van der Waals surface area contributed by atoms with Gasteiger partial charge >= 0.3 is 0 Å². The van der Waals surface area contributed by atoms with Gasteiger partial charge in [-0.25, -0.2) is 0 Å². The van der Waals surface area contributed by atoms with E-state index in [4.69, 9.17) is 10.9 Å². The summed E-state index contributed by atoms with van der Waals surface area (Å²) in [6.07, 6.45) is 3.33. The summed E-state index contributed by atoms with van der Waals surface area (Å²) in [5.41, 5.74) is 6.62.